The van der Waals surface area contributed by atoms with Crippen LogP contribution in [0, 0.1) is 6.92 Å². The van der Waals surface area contributed by atoms with Crippen molar-refractivity contribution < 1.29 is 13.7 Å². The van der Waals surface area contributed by atoms with E-state index in [-0.39, 0.29) is 5.91 Å². The van der Waals surface area contributed by atoms with Gasteiger partial charge in [-0.3, -0.25) is 4.79 Å². The number of anilines is 1. The van der Waals surface area contributed by atoms with Crippen LogP contribution in [0.1, 0.15) is 16.2 Å². The Labute approximate surface area is 154 Å². The SMILES string of the molecule is Cc1nc(-c2ccc(N3CCN(C(=O)c4ccc(=O)oc4)CC3)nc2)no1. The van der Waals surface area contributed by atoms with Crippen LogP contribution in [0.15, 0.2) is 50.5 Å². The van der Waals surface area contributed by atoms with Gasteiger partial charge in [0.1, 0.15) is 12.1 Å². The van der Waals surface area contributed by atoms with E-state index in [2.05, 4.69) is 20.0 Å². The Balaban J connectivity index is 1.39. The van der Waals surface area contributed by atoms with Crippen LogP contribution in [0.2, 0.25) is 0 Å². The predicted molar refractivity (Wildman–Crippen MR) is 95.4 cm³/mol. The van der Waals surface area contributed by atoms with E-state index in [1.165, 1.54) is 18.4 Å². The van der Waals surface area contributed by atoms with Crippen molar-refractivity contribution in [2.75, 3.05) is 31.1 Å². The highest BCUT2D eigenvalue weighted by Crippen LogP contribution is 2.20. The van der Waals surface area contributed by atoms with Crippen LogP contribution in [0.3, 0.4) is 0 Å². The molecule has 3 aromatic rings. The molecule has 3 aromatic heterocycles. The van der Waals surface area contributed by atoms with Crippen molar-refractivity contribution in [2.45, 2.75) is 6.92 Å². The van der Waals surface area contributed by atoms with Gasteiger partial charge in [0, 0.05) is 50.9 Å². The zero-order valence-corrected chi connectivity index (χ0v) is 14.7. The van der Waals surface area contributed by atoms with Crippen molar-refractivity contribution in [3.63, 3.8) is 0 Å². The molecular weight excluding hydrogens is 350 g/mol. The Morgan fingerprint density at radius 3 is 2.52 bits per heavy atom. The molecular formula is C18H17N5O4. The van der Waals surface area contributed by atoms with Crippen molar-refractivity contribution >= 4 is 11.7 Å². The van der Waals surface area contributed by atoms with E-state index in [0.717, 1.165) is 11.4 Å². The van der Waals surface area contributed by atoms with E-state index < -0.39 is 5.63 Å². The largest absolute Gasteiger partial charge is 0.430 e. The third-order valence-corrected chi connectivity index (χ3v) is 4.37. The Hall–Kier alpha value is -3.49. The molecule has 0 N–H and O–H groups in total. The quantitative estimate of drug-likeness (QED) is 0.683. The molecule has 1 fully saturated rings. The Bertz CT molecular complexity index is 983. The minimum absolute atomic E-state index is 0.144. The first kappa shape index (κ1) is 17.0. The van der Waals surface area contributed by atoms with Crippen LogP contribution >= 0.6 is 0 Å². The standard InChI is InChI=1S/C18H17N5O4/c1-12-20-17(21-27-12)13-2-4-15(19-10-13)22-6-8-23(9-7-22)18(25)14-3-5-16(24)26-11-14/h2-5,10-11H,6-9H2,1H3. The molecule has 9 heteroatoms. The minimum atomic E-state index is -0.470. The smallest absolute Gasteiger partial charge is 0.335 e. The average Bonchev–Trinajstić information content (AvgIpc) is 3.15. The molecule has 1 aliphatic heterocycles. The van der Waals surface area contributed by atoms with Gasteiger partial charge in [0.05, 0.1) is 5.56 Å². The van der Waals surface area contributed by atoms with E-state index in [1.54, 1.807) is 18.0 Å². The molecule has 0 atom stereocenters. The van der Waals surface area contributed by atoms with Gasteiger partial charge in [-0.15, -0.1) is 0 Å². The number of piperazine rings is 1. The van der Waals surface area contributed by atoms with Crippen molar-refractivity contribution in [1.82, 2.24) is 20.0 Å². The molecule has 1 amide bonds. The van der Waals surface area contributed by atoms with E-state index >= 15 is 0 Å². The Morgan fingerprint density at radius 1 is 1.11 bits per heavy atom. The molecule has 1 saturated heterocycles. The summed E-state index contributed by atoms with van der Waals surface area (Å²) in [6.45, 7) is 4.19. The summed E-state index contributed by atoms with van der Waals surface area (Å²) in [6.07, 6.45) is 2.92. The highest BCUT2D eigenvalue weighted by Gasteiger charge is 2.23. The normalized spacial score (nSPS) is 14.4. The summed E-state index contributed by atoms with van der Waals surface area (Å²) in [5.41, 5.74) is 0.692. The third-order valence-electron chi connectivity index (χ3n) is 4.37. The molecule has 0 radical (unpaired) electrons. The molecule has 27 heavy (non-hydrogen) atoms. The van der Waals surface area contributed by atoms with Gasteiger partial charge in [-0.2, -0.15) is 4.98 Å². The lowest BCUT2D eigenvalue weighted by Gasteiger charge is -2.35. The van der Waals surface area contributed by atoms with Gasteiger partial charge in [0.15, 0.2) is 0 Å². The maximum absolute atomic E-state index is 12.5. The number of carbonyl (C=O) groups is 1. The molecule has 0 saturated carbocycles. The lowest BCUT2D eigenvalue weighted by atomic mass is 10.2. The van der Waals surface area contributed by atoms with Gasteiger partial charge in [0.2, 0.25) is 11.7 Å². The van der Waals surface area contributed by atoms with Crippen molar-refractivity contribution in [3.05, 3.63) is 58.6 Å². The summed E-state index contributed by atoms with van der Waals surface area (Å²) in [4.78, 5) is 36.0. The lowest BCUT2D eigenvalue weighted by Crippen LogP contribution is -2.49. The van der Waals surface area contributed by atoms with Gasteiger partial charge in [-0.05, 0) is 18.2 Å². The van der Waals surface area contributed by atoms with Gasteiger partial charge in [-0.25, -0.2) is 9.78 Å². The summed E-state index contributed by atoms with van der Waals surface area (Å²) < 4.78 is 9.75. The molecule has 0 aliphatic carbocycles. The molecule has 0 bridgehead atoms. The topological polar surface area (TPSA) is 106 Å². The van der Waals surface area contributed by atoms with Crippen molar-refractivity contribution in [2.24, 2.45) is 0 Å². The first-order valence-electron chi connectivity index (χ1n) is 8.50. The number of carbonyl (C=O) groups excluding carboxylic acids is 1. The van der Waals surface area contributed by atoms with Crippen LogP contribution in [0.25, 0.3) is 11.4 Å². The molecule has 0 unspecified atom stereocenters. The second-order valence-electron chi connectivity index (χ2n) is 6.16. The molecule has 138 valence electrons. The average molecular weight is 367 g/mol. The number of hydrogen-bond acceptors (Lipinski definition) is 8. The maximum atomic E-state index is 12.5. The maximum Gasteiger partial charge on any atom is 0.335 e. The first-order valence-corrected chi connectivity index (χ1v) is 8.50. The van der Waals surface area contributed by atoms with Crippen molar-refractivity contribution in [1.29, 1.82) is 0 Å². The number of hydrogen-bond donors (Lipinski definition) is 0. The molecule has 4 heterocycles. The minimum Gasteiger partial charge on any atom is -0.430 e. The van der Waals surface area contributed by atoms with E-state index in [9.17, 15) is 9.59 Å². The van der Waals surface area contributed by atoms with E-state index in [0.29, 0.717) is 43.5 Å². The fourth-order valence-corrected chi connectivity index (χ4v) is 2.92. The summed E-state index contributed by atoms with van der Waals surface area (Å²) in [6, 6.07) is 6.54. The Morgan fingerprint density at radius 2 is 1.93 bits per heavy atom. The zero-order valence-electron chi connectivity index (χ0n) is 14.7. The number of pyridine rings is 1. The number of aryl methyl sites for hydroxylation is 1. The first-order chi connectivity index (χ1) is 13.1. The van der Waals surface area contributed by atoms with Crippen LogP contribution in [-0.2, 0) is 0 Å². The Kier molecular flexibility index (Phi) is 4.41. The van der Waals surface area contributed by atoms with E-state index in [4.69, 9.17) is 8.94 Å². The van der Waals surface area contributed by atoms with Gasteiger partial charge >= 0.3 is 5.63 Å². The van der Waals surface area contributed by atoms with Crippen LogP contribution in [0.4, 0.5) is 5.82 Å². The fourth-order valence-electron chi connectivity index (χ4n) is 2.92. The van der Waals surface area contributed by atoms with E-state index in [1.807, 2.05) is 12.1 Å². The summed E-state index contributed by atoms with van der Waals surface area (Å²) >= 11 is 0. The monoisotopic (exact) mass is 367 g/mol. The highest BCUT2D eigenvalue weighted by molar-refractivity contribution is 5.93. The van der Waals surface area contributed by atoms with Crippen LogP contribution in [-0.4, -0.2) is 52.1 Å². The molecule has 1 aliphatic rings. The number of aromatic nitrogens is 3. The van der Waals surface area contributed by atoms with Gasteiger partial charge in [0.25, 0.3) is 5.91 Å². The number of nitrogens with zero attached hydrogens (tertiary/aromatic N) is 5. The molecule has 9 nitrogen and oxygen atoms in total. The number of rotatable bonds is 3. The molecule has 4 rings (SSSR count). The third kappa shape index (κ3) is 3.57. The summed E-state index contributed by atoms with van der Waals surface area (Å²) in [5, 5.41) is 3.88. The van der Waals surface area contributed by atoms with Crippen LogP contribution < -0.4 is 10.5 Å². The highest BCUT2D eigenvalue weighted by atomic mass is 16.5. The second kappa shape index (κ2) is 7.02. The molecule has 0 aromatic carbocycles. The van der Waals surface area contributed by atoms with Gasteiger partial charge < -0.3 is 18.7 Å². The van der Waals surface area contributed by atoms with Gasteiger partial charge in [-0.1, -0.05) is 5.16 Å². The fraction of sp³-hybridized carbons (Fsp3) is 0.278. The van der Waals surface area contributed by atoms with Crippen molar-refractivity contribution in [3.8, 4) is 11.4 Å². The van der Waals surface area contributed by atoms with Crippen LogP contribution in [0.5, 0.6) is 0 Å². The zero-order chi connectivity index (χ0) is 18.8. The second-order valence-corrected chi connectivity index (χ2v) is 6.16. The lowest BCUT2D eigenvalue weighted by molar-refractivity contribution is 0.0743. The number of amides is 1. The summed E-state index contributed by atoms with van der Waals surface area (Å²) in [7, 11) is 0. The summed E-state index contributed by atoms with van der Waals surface area (Å²) in [5.74, 6) is 1.70. The molecule has 0 spiro atoms. The predicted octanol–water partition coefficient (Wildman–Crippen LogP) is 1.36.